The van der Waals surface area contributed by atoms with Crippen LogP contribution in [0.5, 0.6) is 0 Å². The van der Waals surface area contributed by atoms with E-state index in [9.17, 15) is 4.79 Å². The Morgan fingerprint density at radius 2 is 1.89 bits per heavy atom. The molecule has 1 saturated heterocycles. The number of pyridine rings is 1. The highest BCUT2D eigenvalue weighted by molar-refractivity contribution is 5.94. The number of hydrogen-bond acceptors (Lipinski definition) is 3. The Balaban J connectivity index is 1.66. The maximum Gasteiger partial charge on any atom is 0.254 e. The Morgan fingerprint density at radius 3 is 2.53 bits per heavy atom. The van der Waals surface area contributed by atoms with Crippen molar-refractivity contribution in [1.29, 1.82) is 0 Å². The summed E-state index contributed by atoms with van der Waals surface area (Å²) in [4.78, 5) is 18.3. The van der Waals surface area contributed by atoms with Crippen LogP contribution in [0.2, 0.25) is 0 Å². The van der Waals surface area contributed by atoms with Crippen LogP contribution in [-0.2, 0) is 0 Å². The second-order valence-electron chi connectivity index (χ2n) is 5.97. The van der Waals surface area contributed by atoms with E-state index in [0.29, 0.717) is 16.8 Å². The molecule has 1 aliphatic heterocycles. The van der Waals surface area contributed by atoms with Crippen molar-refractivity contribution in [2.24, 2.45) is 5.41 Å². The van der Waals surface area contributed by atoms with Crippen molar-refractivity contribution >= 4 is 11.7 Å². The van der Waals surface area contributed by atoms with Crippen LogP contribution >= 0.6 is 0 Å². The predicted octanol–water partition coefficient (Wildman–Crippen LogP) is 2.46. The molecular weight excluding hydrogens is 238 g/mol. The van der Waals surface area contributed by atoms with E-state index in [4.69, 9.17) is 5.73 Å². The van der Waals surface area contributed by atoms with Crippen LogP contribution in [0, 0.1) is 5.41 Å². The van der Waals surface area contributed by atoms with E-state index in [0.717, 1.165) is 13.1 Å². The summed E-state index contributed by atoms with van der Waals surface area (Å²) in [5, 5.41) is 0. The molecule has 2 N–H and O–H groups in total. The number of carbonyl (C=O) groups excluding carboxylic acids is 1. The molecule has 1 saturated carbocycles. The van der Waals surface area contributed by atoms with Gasteiger partial charge in [-0.25, -0.2) is 4.98 Å². The van der Waals surface area contributed by atoms with E-state index in [1.54, 1.807) is 18.3 Å². The molecule has 0 aromatic carbocycles. The number of aromatic nitrogens is 1. The fourth-order valence-corrected chi connectivity index (χ4v) is 3.57. The van der Waals surface area contributed by atoms with Gasteiger partial charge in [0.1, 0.15) is 5.82 Å². The lowest BCUT2D eigenvalue weighted by atomic mass is 9.77. The molecule has 1 aliphatic carbocycles. The molecule has 19 heavy (non-hydrogen) atoms. The summed E-state index contributed by atoms with van der Waals surface area (Å²) in [5.41, 5.74) is 6.85. The lowest BCUT2D eigenvalue weighted by molar-refractivity contribution is 0.0587. The second kappa shape index (κ2) is 4.83. The summed E-state index contributed by atoms with van der Waals surface area (Å²) in [6.45, 7) is 1.78. The monoisotopic (exact) mass is 259 g/mol. The van der Waals surface area contributed by atoms with Gasteiger partial charge >= 0.3 is 0 Å². The number of nitrogens with two attached hydrogens (primary N) is 1. The van der Waals surface area contributed by atoms with E-state index in [2.05, 4.69) is 4.98 Å². The molecule has 2 heterocycles. The number of carbonyl (C=O) groups is 1. The molecule has 0 bridgehead atoms. The minimum atomic E-state index is 0.0990. The first kappa shape index (κ1) is 12.5. The van der Waals surface area contributed by atoms with E-state index in [1.807, 2.05) is 4.90 Å². The number of amides is 1. The molecule has 4 nitrogen and oxygen atoms in total. The maximum atomic E-state index is 12.4. The first-order chi connectivity index (χ1) is 9.19. The van der Waals surface area contributed by atoms with Crippen LogP contribution in [0.1, 0.15) is 48.9 Å². The normalized spacial score (nSPS) is 21.8. The van der Waals surface area contributed by atoms with Gasteiger partial charge in [0, 0.05) is 24.8 Å². The smallest absolute Gasteiger partial charge is 0.254 e. The molecule has 2 aliphatic rings. The first-order valence-electron chi connectivity index (χ1n) is 7.19. The lowest BCUT2D eigenvalue weighted by Crippen LogP contribution is -2.42. The summed E-state index contributed by atoms with van der Waals surface area (Å²) < 4.78 is 0. The number of likely N-dealkylation sites (tertiary alicyclic amines) is 1. The van der Waals surface area contributed by atoms with Gasteiger partial charge in [-0.3, -0.25) is 4.79 Å². The Kier molecular flexibility index (Phi) is 3.17. The van der Waals surface area contributed by atoms with E-state index in [1.165, 1.54) is 38.5 Å². The SMILES string of the molecule is Nc1cc(C(=O)N2CCC3(CCCC3)CC2)ccn1. The fourth-order valence-electron chi connectivity index (χ4n) is 3.57. The van der Waals surface area contributed by atoms with Gasteiger partial charge in [-0.15, -0.1) is 0 Å². The van der Waals surface area contributed by atoms with E-state index >= 15 is 0 Å². The zero-order valence-corrected chi connectivity index (χ0v) is 11.3. The third-order valence-electron chi connectivity index (χ3n) is 4.80. The average Bonchev–Trinajstić information content (AvgIpc) is 2.87. The third kappa shape index (κ3) is 2.44. The molecule has 1 amide bonds. The van der Waals surface area contributed by atoms with Gasteiger partial charge in [-0.1, -0.05) is 12.8 Å². The van der Waals surface area contributed by atoms with Crippen molar-refractivity contribution in [3.05, 3.63) is 23.9 Å². The van der Waals surface area contributed by atoms with Gasteiger partial charge in [0.25, 0.3) is 5.91 Å². The van der Waals surface area contributed by atoms with Crippen molar-refractivity contribution in [2.45, 2.75) is 38.5 Å². The lowest BCUT2D eigenvalue weighted by Gasteiger charge is -2.39. The molecule has 0 atom stereocenters. The van der Waals surface area contributed by atoms with Gasteiger partial charge in [0.15, 0.2) is 0 Å². The minimum Gasteiger partial charge on any atom is -0.384 e. The van der Waals surface area contributed by atoms with Gasteiger partial charge in [-0.2, -0.15) is 0 Å². The number of anilines is 1. The Morgan fingerprint density at radius 1 is 1.21 bits per heavy atom. The summed E-state index contributed by atoms with van der Waals surface area (Å²) >= 11 is 0. The van der Waals surface area contributed by atoms with Crippen molar-refractivity contribution in [1.82, 2.24) is 9.88 Å². The largest absolute Gasteiger partial charge is 0.384 e. The van der Waals surface area contributed by atoms with Gasteiger partial charge in [0.05, 0.1) is 0 Å². The van der Waals surface area contributed by atoms with Gasteiger partial charge in [0.2, 0.25) is 0 Å². The number of nitrogen functional groups attached to an aromatic ring is 1. The number of rotatable bonds is 1. The second-order valence-corrected chi connectivity index (χ2v) is 5.97. The van der Waals surface area contributed by atoms with E-state index < -0.39 is 0 Å². The van der Waals surface area contributed by atoms with Gasteiger partial charge < -0.3 is 10.6 Å². The summed E-state index contributed by atoms with van der Waals surface area (Å²) in [5.74, 6) is 0.511. The van der Waals surface area contributed by atoms with Crippen molar-refractivity contribution in [3.8, 4) is 0 Å². The molecule has 4 heteroatoms. The molecule has 0 radical (unpaired) electrons. The number of nitrogens with zero attached hydrogens (tertiary/aromatic N) is 2. The van der Waals surface area contributed by atoms with Crippen molar-refractivity contribution < 1.29 is 4.79 Å². The van der Waals surface area contributed by atoms with Crippen LogP contribution in [0.4, 0.5) is 5.82 Å². The first-order valence-corrected chi connectivity index (χ1v) is 7.19. The zero-order valence-electron chi connectivity index (χ0n) is 11.3. The third-order valence-corrected chi connectivity index (χ3v) is 4.80. The molecule has 1 aromatic rings. The average molecular weight is 259 g/mol. The quantitative estimate of drug-likeness (QED) is 0.842. The topological polar surface area (TPSA) is 59.2 Å². The maximum absolute atomic E-state index is 12.4. The predicted molar refractivity (Wildman–Crippen MR) is 74.7 cm³/mol. The number of piperidine rings is 1. The molecule has 1 aromatic heterocycles. The van der Waals surface area contributed by atoms with Crippen molar-refractivity contribution in [3.63, 3.8) is 0 Å². The fraction of sp³-hybridized carbons (Fsp3) is 0.600. The van der Waals surface area contributed by atoms with Crippen LogP contribution in [0.15, 0.2) is 18.3 Å². The highest BCUT2D eigenvalue weighted by Gasteiger charge is 2.38. The Bertz CT molecular complexity index is 470. The van der Waals surface area contributed by atoms with Gasteiger partial charge in [-0.05, 0) is 43.2 Å². The minimum absolute atomic E-state index is 0.0990. The van der Waals surface area contributed by atoms with Crippen LogP contribution in [-0.4, -0.2) is 28.9 Å². The highest BCUT2D eigenvalue weighted by atomic mass is 16.2. The van der Waals surface area contributed by atoms with E-state index in [-0.39, 0.29) is 5.91 Å². The highest BCUT2D eigenvalue weighted by Crippen LogP contribution is 2.46. The molecule has 3 rings (SSSR count). The zero-order chi connectivity index (χ0) is 13.3. The molecule has 102 valence electrons. The summed E-state index contributed by atoms with van der Waals surface area (Å²) in [6.07, 6.45) is 9.39. The number of hydrogen-bond donors (Lipinski definition) is 1. The Hall–Kier alpha value is -1.58. The summed E-state index contributed by atoms with van der Waals surface area (Å²) in [7, 11) is 0. The molecule has 2 fully saturated rings. The summed E-state index contributed by atoms with van der Waals surface area (Å²) in [6, 6.07) is 3.42. The van der Waals surface area contributed by atoms with Crippen LogP contribution in [0.25, 0.3) is 0 Å². The standard InChI is InChI=1S/C15H21N3O/c16-13-11-12(3-8-17-13)14(19)18-9-6-15(7-10-18)4-1-2-5-15/h3,8,11H,1-2,4-7,9-10H2,(H2,16,17). The molecule has 1 spiro atoms. The molecular formula is C15H21N3O. The van der Waals surface area contributed by atoms with Crippen LogP contribution < -0.4 is 5.73 Å². The van der Waals surface area contributed by atoms with Crippen molar-refractivity contribution in [2.75, 3.05) is 18.8 Å². The molecule has 0 unspecified atom stereocenters. The Labute approximate surface area is 114 Å². The van der Waals surface area contributed by atoms with Crippen LogP contribution in [0.3, 0.4) is 0 Å².